The van der Waals surface area contributed by atoms with Crippen molar-refractivity contribution in [3.63, 3.8) is 0 Å². The van der Waals surface area contributed by atoms with Crippen LogP contribution in [0.1, 0.15) is 38.2 Å². The van der Waals surface area contributed by atoms with Crippen molar-refractivity contribution in [3.8, 4) is 0 Å². The van der Waals surface area contributed by atoms with Gasteiger partial charge in [0.2, 0.25) is 0 Å². The van der Waals surface area contributed by atoms with E-state index < -0.39 is 0 Å². The third kappa shape index (κ3) is 3.41. The summed E-state index contributed by atoms with van der Waals surface area (Å²) in [5.74, 6) is 0.855. The summed E-state index contributed by atoms with van der Waals surface area (Å²) in [5.41, 5.74) is 3.13. The van der Waals surface area contributed by atoms with Gasteiger partial charge in [-0.15, -0.1) is 0 Å². The van der Waals surface area contributed by atoms with Gasteiger partial charge in [-0.3, -0.25) is 0 Å². The first kappa shape index (κ1) is 14.9. The molecule has 0 amide bonds. The molecule has 1 aliphatic carbocycles. The van der Waals surface area contributed by atoms with Gasteiger partial charge in [-0.1, -0.05) is 18.2 Å². The average molecular weight is 288 g/mol. The first-order valence-corrected chi connectivity index (χ1v) is 8.30. The number of methoxy groups -OCH3 is 1. The molecule has 1 heterocycles. The van der Waals surface area contributed by atoms with E-state index in [1.165, 1.54) is 30.5 Å². The Morgan fingerprint density at radius 2 is 2.10 bits per heavy atom. The number of nitrogens with one attached hydrogen (secondary N) is 1. The first-order chi connectivity index (χ1) is 10.2. The van der Waals surface area contributed by atoms with E-state index in [0.717, 1.165) is 38.6 Å². The van der Waals surface area contributed by atoms with Gasteiger partial charge in [-0.2, -0.15) is 0 Å². The molecule has 1 aliphatic heterocycles. The molecule has 1 saturated carbocycles. The zero-order chi connectivity index (χ0) is 14.7. The highest BCUT2D eigenvalue weighted by Gasteiger charge is 2.43. The maximum atomic E-state index is 5.18. The number of hydrogen-bond donors (Lipinski definition) is 1. The van der Waals surface area contributed by atoms with E-state index in [-0.39, 0.29) is 5.54 Å². The van der Waals surface area contributed by atoms with Gasteiger partial charge >= 0.3 is 0 Å². The summed E-state index contributed by atoms with van der Waals surface area (Å²) in [6.07, 6.45) is 5.11. The molecule has 1 N–H and O–H groups in total. The third-order valence-electron chi connectivity index (χ3n) is 5.04. The number of fused-ring (bicyclic) bond motifs is 1. The summed E-state index contributed by atoms with van der Waals surface area (Å²) < 4.78 is 5.18. The number of ether oxygens (including phenoxy) is 1. The highest BCUT2D eigenvalue weighted by Crippen LogP contribution is 2.42. The van der Waals surface area contributed by atoms with Gasteiger partial charge in [0.25, 0.3) is 0 Å². The fourth-order valence-corrected chi connectivity index (χ4v) is 3.55. The van der Waals surface area contributed by atoms with Crippen LogP contribution in [-0.4, -0.2) is 32.3 Å². The Kier molecular flexibility index (Phi) is 4.51. The van der Waals surface area contributed by atoms with Crippen molar-refractivity contribution in [1.29, 1.82) is 0 Å². The third-order valence-corrected chi connectivity index (χ3v) is 5.04. The molecule has 3 rings (SSSR count). The number of nitrogens with zero attached hydrogens (tertiary/aromatic N) is 1. The minimum absolute atomic E-state index is 0.264. The van der Waals surface area contributed by atoms with E-state index in [1.54, 1.807) is 7.11 Å². The maximum absolute atomic E-state index is 5.18. The van der Waals surface area contributed by atoms with Gasteiger partial charge < -0.3 is 15.0 Å². The van der Waals surface area contributed by atoms with E-state index >= 15 is 0 Å². The van der Waals surface area contributed by atoms with Crippen LogP contribution in [0.4, 0.5) is 5.69 Å². The molecule has 1 unspecified atom stereocenters. The van der Waals surface area contributed by atoms with Gasteiger partial charge in [-0.05, 0) is 50.2 Å². The standard InChI is InChI=1S/C18H28N2O/c1-18(16-9-10-16)14-20(11-5-6-12-21-2)17-8-4-3-7-15(17)13-19-18/h3-4,7-8,16,19H,5-6,9-14H2,1-2H3. The summed E-state index contributed by atoms with van der Waals surface area (Å²) in [5, 5.41) is 3.84. The van der Waals surface area contributed by atoms with E-state index in [0.29, 0.717) is 0 Å². The van der Waals surface area contributed by atoms with Crippen molar-refractivity contribution < 1.29 is 4.74 Å². The van der Waals surface area contributed by atoms with Crippen LogP contribution < -0.4 is 10.2 Å². The Labute approximate surface area is 128 Å². The van der Waals surface area contributed by atoms with Crippen molar-refractivity contribution in [1.82, 2.24) is 5.32 Å². The second-order valence-electron chi connectivity index (χ2n) is 6.80. The number of hydrogen-bond acceptors (Lipinski definition) is 3. The topological polar surface area (TPSA) is 24.5 Å². The lowest BCUT2D eigenvalue weighted by Gasteiger charge is -2.35. The fourth-order valence-electron chi connectivity index (χ4n) is 3.55. The van der Waals surface area contributed by atoms with Gasteiger partial charge in [0.05, 0.1) is 0 Å². The lowest BCUT2D eigenvalue weighted by atomic mass is 9.95. The molecule has 2 aliphatic rings. The van der Waals surface area contributed by atoms with Crippen LogP contribution in [0.15, 0.2) is 24.3 Å². The van der Waals surface area contributed by atoms with Crippen LogP contribution in [0.25, 0.3) is 0 Å². The zero-order valence-electron chi connectivity index (χ0n) is 13.4. The fraction of sp³-hybridized carbons (Fsp3) is 0.667. The molecular formula is C18H28N2O. The second kappa shape index (κ2) is 6.37. The molecule has 0 aromatic heterocycles. The highest BCUT2D eigenvalue weighted by atomic mass is 16.5. The Bertz CT molecular complexity index is 472. The number of para-hydroxylation sites is 1. The Hall–Kier alpha value is -1.06. The first-order valence-electron chi connectivity index (χ1n) is 8.30. The zero-order valence-corrected chi connectivity index (χ0v) is 13.4. The minimum Gasteiger partial charge on any atom is -0.385 e. The van der Waals surface area contributed by atoms with E-state index in [9.17, 15) is 0 Å². The lowest BCUT2D eigenvalue weighted by Crippen LogP contribution is -2.51. The minimum atomic E-state index is 0.264. The Morgan fingerprint density at radius 1 is 1.29 bits per heavy atom. The Balaban J connectivity index is 1.75. The van der Waals surface area contributed by atoms with Crippen molar-refractivity contribution in [2.24, 2.45) is 5.92 Å². The number of unbranched alkanes of at least 4 members (excludes halogenated alkanes) is 1. The lowest BCUT2D eigenvalue weighted by molar-refractivity contribution is 0.193. The van der Waals surface area contributed by atoms with Crippen LogP contribution >= 0.6 is 0 Å². The van der Waals surface area contributed by atoms with Crippen molar-refractivity contribution >= 4 is 5.69 Å². The van der Waals surface area contributed by atoms with E-state index in [1.807, 2.05) is 0 Å². The summed E-state index contributed by atoms with van der Waals surface area (Å²) in [7, 11) is 1.79. The quantitative estimate of drug-likeness (QED) is 0.814. The van der Waals surface area contributed by atoms with Crippen LogP contribution in [0.3, 0.4) is 0 Å². The summed E-state index contributed by atoms with van der Waals surface area (Å²) in [6.45, 7) is 6.54. The van der Waals surface area contributed by atoms with E-state index in [4.69, 9.17) is 4.74 Å². The van der Waals surface area contributed by atoms with Crippen LogP contribution in [0, 0.1) is 5.92 Å². The molecule has 1 fully saturated rings. The summed E-state index contributed by atoms with van der Waals surface area (Å²) >= 11 is 0. The second-order valence-corrected chi connectivity index (χ2v) is 6.80. The molecule has 0 radical (unpaired) electrons. The normalized spacial score (nSPS) is 25.5. The molecule has 0 spiro atoms. The van der Waals surface area contributed by atoms with Crippen molar-refractivity contribution in [2.75, 3.05) is 31.7 Å². The summed E-state index contributed by atoms with van der Waals surface area (Å²) in [6, 6.07) is 8.87. The molecular weight excluding hydrogens is 260 g/mol. The molecule has 3 nitrogen and oxygen atoms in total. The molecule has 0 bridgehead atoms. The molecule has 116 valence electrons. The molecule has 3 heteroatoms. The SMILES string of the molecule is COCCCCN1CC(C)(C2CC2)NCc2ccccc21. The maximum Gasteiger partial charge on any atom is 0.0462 e. The predicted molar refractivity (Wildman–Crippen MR) is 87.7 cm³/mol. The highest BCUT2D eigenvalue weighted by molar-refractivity contribution is 5.55. The molecule has 0 saturated heterocycles. The monoisotopic (exact) mass is 288 g/mol. The molecule has 1 atom stereocenters. The number of benzene rings is 1. The summed E-state index contributed by atoms with van der Waals surface area (Å²) in [4.78, 5) is 2.60. The van der Waals surface area contributed by atoms with Crippen molar-refractivity contribution in [2.45, 2.75) is 44.7 Å². The van der Waals surface area contributed by atoms with E-state index in [2.05, 4.69) is 41.4 Å². The van der Waals surface area contributed by atoms with Crippen LogP contribution in [0.2, 0.25) is 0 Å². The molecule has 21 heavy (non-hydrogen) atoms. The molecule has 1 aromatic carbocycles. The van der Waals surface area contributed by atoms with Crippen molar-refractivity contribution in [3.05, 3.63) is 29.8 Å². The van der Waals surface area contributed by atoms with Crippen LogP contribution in [-0.2, 0) is 11.3 Å². The smallest absolute Gasteiger partial charge is 0.0462 e. The van der Waals surface area contributed by atoms with Crippen LogP contribution in [0.5, 0.6) is 0 Å². The predicted octanol–water partition coefficient (Wildman–Crippen LogP) is 3.19. The van der Waals surface area contributed by atoms with Gasteiger partial charge in [0.1, 0.15) is 0 Å². The molecule has 1 aromatic rings. The number of rotatable bonds is 6. The van der Waals surface area contributed by atoms with Gasteiger partial charge in [0, 0.05) is 44.6 Å². The van der Waals surface area contributed by atoms with Gasteiger partial charge in [0.15, 0.2) is 0 Å². The average Bonchev–Trinajstić information content (AvgIpc) is 3.33. The number of anilines is 1. The van der Waals surface area contributed by atoms with Gasteiger partial charge in [-0.25, -0.2) is 0 Å². The Morgan fingerprint density at radius 3 is 2.86 bits per heavy atom. The largest absolute Gasteiger partial charge is 0.385 e.